The van der Waals surface area contributed by atoms with Crippen molar-refractivity contribution in [3.05, 3.63) is 0 Å². The van der Waals surface area contributed by atoms with Crippen molar-refractivity contribution < 1.29 is 14.7 Å². The van der Waals surface area contributed by atoms with Crippen LogP contribution in [0.3, 0.4) is 0 Å². The molecule has 0 heterocycles. The maximum absolute atomic E-state index is 11.4. The summed E-state index contributed by atoms with van der Waals surface area (Å²) in [6, 6.07) is -1.61. The van der Waals surface area contributed by atoms with Crippen molar-refractivity contribution in [1.82, 2.24) is 5.32 Å². The molecule has 0 fully saturated rings. The number of carbonyl (C=O) groups is 2. The van der Waals surface area contributed by atoms with Gasteiger partial charge in [-0.3, -0.25) is 9.59 Å². The lowest BCUT2D eigenvalue weighted by Crippen LogP contribution is -2.52. The second kappa shape index (κ2) is 4.41. The maximum atomic E-state index is 11.4. The Labute approximate surface area is 83.7 Å². The molecular weight excluding hydrogens is 184 g/mol. The van der Waals surface area contributed by atoms with Gasteiger partial charge in [0.05, 0.1) is 6.04 Å². The number of carbonyl (C=O) groups excluding carboxylic acids is 1. The number of amides is 1. The number of rotatable bonds is 3. The number of hydrogen-bond acceptors (Lipinski definition) is 3. The van der Waals surface area contributed by atoms with Gasteiger partial charge in [0, 0.05) is 0 Å². The average Bonchev–Trinajstić information content (AvgIpc) is 2.00. The van der Waals surface area contributed by atoms with Crippen LogP contribution in [0.5, 0.6) is 0 Å². The van der Waals surface area contributed by atoms with E-state index in [1.54, 1.807) is 0 Å². The van der Waals surface area contributed by atoms with E-state index < -0.39 is 24.0 Å². The minimum absolute atomic E-state index is 0.373. The summed E-state index contributed by atoms with van der Waals surface area (Å²) in [5, 5.41) is 10.9. The number of nitrogens with two attached hydrogens (primary N) is 1. The standard InChI is InChI=1S/C9H18N2O3/c1-5(8(13)14)11-7(12)6(10)9(2,3)4/h5-6H,10H2,1-4H3,(H,11,12)(H,13,14)/t5?,6-/m0/s1. The molecule has 0 bridgehead atoms. The zero-order valence-corrected chi connectivity index (χ0v) is 9.00. The van der Waals surface area contributed by atoms with E-state index in [2.05, 4.69) is 5.32 Å². The first-order chi connectivity index (χ1) is 6.16. The van der Waals surface area contributed by atoms with Gasteiger partial charge in [-0.05, 0) is 12.3 Å². The van der Waals surface area contributed by atoms with Gasteiger partial charge in [0.25, 0.3) is 0 Å². The van der Waals surface area contributed by atoms with Crippen molar-refractivity contribution in [3.63, 3.8) is 0 Å². The molecule has 0 aliphatic carbocycles. The highest BCUT2D eigenvalue weighted by Crippen LogP contribution is 2.17. The molecule has 0 rings (SSSR count). The SMILES string of the molecule is CC(NC(=O)[C@H](N)C(C)(C)C)C(=O)O. The van der Waals surface area contributed by atoms with E-state index in [0.29, 0.717) is 0 Å². The maximum Gasteiger partial charge on any atom is 0.325 e. The van der Waals surface area contributed by atoms with Crippen LogP contribution in [0.25, 0.3) is 0 Å². The fourth-order valence-electron chi connectivity index (χ4n) is 0.758. The highest BCUT2D eigenvalue weighted by Gasteiger charge is 2.29. The van der Waals surface area contributed by atoms with Gasteiger partial charge >= 0.3 is 5.97 Å². The quantitative estimate of drug-likeness (QED) is 0.598. The first-order valence-electron chi connectivity index (χ1n) is 4.45. The smallest absolute Gasteiger partial charge is 0.325 e. The van der Waals surface area contributed by atoms with E-state index in [9.17, 15) is 9.59 Å². The van der Waals surface area contributed by atoms with E-state index in [-0.39, 0.29) is 5.41 Å². The van der Waals surface area contributed by atoms with Gasteiger partial charge in [-0.15, -0.1) is 0 Å². The molecule has 0 aromatic heterocycles. The van der Waals surface area contributed by atoms with Crippen LogP contribution >= 0.6 is 0 Å². The summed E-state index contributed by atoms with van der Waals surface area (Å²) in [6.45, 7) is 6.86. The summed E-state index contributed by atoms with van der Waals surface area (Å²) in [4.78, 5) is 21.9. The molecule has 0 aliphatic rings. The highest BCUT2D eigenvalue weighted by atomic mass is 16.4. The predicted molar refractivity (Wildman–Crippen MR) is 52.7 cm³/mol. The molecule has 0 aliphatic heterocycles. The molecular formula is C9H18N2O3. The summed E-state index contributed by atoms with van der Waals surface area (Å²) < 4.78 is 0. The molecule has 4 N–H and O–H groups in total. The van der Waals surface area contributed by atoms with Crippen molar-refractivity contribution in [2.75, 3.05) is 0 Å². The zero-order valence-electron chi connectivity index (χ0n) is 9.00. The van der Waals surface area contributed by atoms with Gasteiger partial charge in [0.1, 0.15) is 6.04 Å². The number of aliphatic carboxylic acids is 1. The van der Waals surface area contributed by atoms with Crippen molar-refractivity contribution >= 4 is 11.9 Å². The number of carboxylic acids is 1. The van der Waals surface area contributed by atoms with E-state index in [4.69, 9.17) is 10.8 Å². The van der Waals surface area contributed by atoms with Crippen molar-refractivity contribution in [1.29, 1.82) is 0 Å². The average molecular weight is 202 g/mol. The van der Waals surface area contributed by atoms with Gasteiger partial charge in [0.2, 0.25) is 5.91 Å². The molecule has 82 valence electrons. The Morgan fingerprint density at radius 1 is 1.36 bits per heavy atom. The molecule has 0 saturated carbocycles. The van der Waals surface area contributed by atoms with Crippen molar-refractivity contribution in [2.45, 2.75) is 39.8 Å². The summed E-state index contributed by atoms with van der Waals surface area (Å²) in [5.74, 6) is -1.51. The molecule has 5 heteroatoms. The Hall–Kier alpha value is -1.10. The van der Waals surface area contributed by atoms with Crippen LogP contribution in [-0.4, -0.2) is 29.1 Å². The molecule has 0 radical (unpaired) electrons. The molecule has 0 saturated heterocycles. The van der Waals surface area contributed by atoms with E-state index in [0.717, 1.165) is 0 Å². The Morgan fingerprint density at radius 3 is 2.07 bits per heavy atom. The minimum Gasteiger partial charge on any atom is -0.480 e. The van der Waals surface area contributed by atoms with Crippen LogP contribution in [0.4, 0.5) is 0 Å². The lowest BCUT2D eigenvalue weighted by Gasteiger charge is -2.26. The van der Waals surface area contributed by atoms with Crippen molar-refractivity contribution in [2.24, 2.45) is 11.1 Å². The second-order valence-corrected chi connectivity index (χ2v) is 4.41. The largest absolute Gasteiger partial charge is 0.480 e. The predicted octanol–water partition coefficient (Wildman–Crippen LogP) is -0.0509. The Morgan fingerprint density at radius 2 is 1.79 bits per heavy atom. The zero-order chi connectivity index (χ0) is 11.5. The molecule has 2 atom stereocenters. The van der Waals surface area contributed by atoms with Crippen LogP contribution in [0.15, 0.2) is 0 Å². The lowest BCUT2D eigenvalue weighted by molar-refractivity contribution is -0.141. The van der Waals surface area contributed by atoms with E-state index in [1.165, 1.54) is 6.92 Å². The molecule has 5 nitrogen and oxygen atoms in total. The molecule has 1 unspecified atom stereocenters. The van der Waals surface area contributed by atoms with Gasteiger partial charge in [-0.25, -0.2) is 0 Å². The number of carboxylic acid groups (broad SMARTS) is 1. The third-order valence-corrected chi connectivity index (χ3v) is 1.94. The molecule has 1 amide bonds. The minimum atomic E-state index is -1.07. The fraction of sp³-hybridized carbons (Fsp3) is 0.778. The monoisotopic (exact) mass is 202 g/mol. The number of hydrogen-bond donors (Lipinski definition) is 3. The van der Waals surface area contributed by atoms with E-state index >= 15 is 0 Å². The summed E-state index contributed by atoms with van der Waals surface area (Å²) in [5.41, 5.74) is 5.27. The highest BCUT2D eigenvalue weighted by molar-refractivity contribution is 5.87. The summed E-state index contributed by atoms with van der Waals surface area (Å²) in [6.07, 6.45) is 0. The topological polar surface area (TPSA) is 92.4 Å². The molecule has 0 spiro atoms. The fourth-order valence-corrected chi connectivity index (χ4v) is 0.758. The first-order valence-corrected chi connectivity index (χ1v) is 4.45. The normalized spacial score (nSPS) is 15.8. The summed E-state index contributed by atoms with van der Waals surface area (Å²) >= 11 is 0. The molecule has 14 heavy (non-hydrogen) atoms. The Bertz CT molecular complexity index is 233. The third-order valence-electron chi connectivity index (χ3n) is 1.94. The van der Waals surface area contributed by atoms with Crippen LogP contribution in [0.1, 0.15) is 27.7 Å². The molecule has 0 aromatic rings. The third kappa shape index (κ3) is 3.74. The van der Waals surface area contributed by atoms with Gasteiger partial charge in [0.15, 0.2) is 0 Å². The summed E-state index contributed by atoms with van der Waals surface area (Å²) in [7, 11) is 0. The van der Waals surface area contributed by atoms with Crippen LogP contribution in [0, 0.1) is 5.41 Å². The van der Waals surface area contributed by atoms with Gasteiger partial charge in [-0.2, -0.15) is 0 Å². The first kappa shape index (κ1) is 12.9. The van der Waals surface area contributed by atoms with Crippen LogP contribution in [-0.2, 0) is 9.59 Å². The second-order valence-electron chi connectivity index (χ2n) is 4.41. The van der Waals surface area contributed by atoms with Crippen LogP contribution < -0.4 is 11.1 Å². The van der Waals surface area contributed by atoms with Gasteiger partial charge < -0.3 is 16.2 Å². The Kier molecular flexibility index (Phi) is 4.07. The Balaban J connectivity index is 4.29. The number of nitrogens with one attached hydrogen (secondary N) is 1. The van der Waals surface area contributed by atoms with E-state index in [1.807, 2.05) is 20.8 Å². The van der Waals surface area contributed by atoms with Crippen molar-refractivity contribution in [3.8, 4) is 0 Å². The van der Waals surface area contributed by atoms with Crippen LogP contribution in [0.2, 0.25) is 0 Å². The lowest BCUT2D eigenvalue weighted by atomic mass is 9.87. The van der Waals surface area contributed by atoms with Gasteiger partial charge in [-0.1, -0.05) is 20.8 Å². The molecule has 0 aromatic carbocycles.